The molecule has 53 heavy (non-hydrogen) atoms. The number of carbonyl (C=O) groups excluding carboxylic acids is 3. The molecular weight excluding hydrogens is 682 g/mol. The molecule has 12 heteroatoms. The van der Waals surface area contributed by atoms with E-state index in [1.807, 2.05) is 46.8 Å². The number of amides is 1. The minimum absolute atomic E-state index is 0.00488. The van der Waals surface area contributed by atoms with Gasteiger partial charge in [-0.1, -0.05) is 65.8 Å². The molecule has 0 unspecified atom stereocenters. The Morgan fingerprint density at radius 3 is 2.42 bits per heavy atom. The van der Waals surface area contributed by atoms with E-state index in [0.717, 1.165) is 17.6 Å². The van der Waals surface area contributed by atoms with Crippen molar-refractivity contribution in [3.8, 4) is 0 Å². The van der Waals surface area contributed by atoms with Crippen molar-refractivity contribution >= 4 is 17.8 Å². The van der Waals surface area contributed by atoms with E-state index in [-0.39, 0.29) is 54.8 Å². The van der Waals surface area contributed by atoms with Crippen LogP contribution in [-0.2, 0) is 33.3 Å². The molecule has 0 saturated carbocycles. The predicted molar refractivity (Wildman–Crippen MR) is 200 cm³/mol. The van der Waals surface area contributed by atoms with Crippen molar-refractivity contribution in [3.63, 3.8) is 0 Å². The molecule has 0 spiro atoms. The van der Waals surface area contributed by atoms with Crippen LogP contribution in [0.2, 0.25) is 0 Å². The number of aliphatic hydroxyl groups excluding tert-OH is 2. The Morgan fingerprint density at radius 2 is 1.75 bits per heavy atom. The van der Waals surface area contributed by atoms with Gasteiger partial charge in [-0.15, -0.1) is 0 Å². The van der Waals surface area contributed by atoms with Crippen LogP contribution in [0.4, 0.5) is 4.79 Å². The molecule has 14 atom stereocenters. The molecule has 2 bridgehead atoms. The smallest absolute Gasteiger partial charge is 0.404 e. The number of primary amides is 1. The Hall–Kier alpha value is -2.61. The summed E-state index contributed by atoms with van der Waals surface area (Å²) in [5.41, 5.74) is 7.13. The van der Waals surface area contributed by atoms with Gasteiger partial charge in [-0.25, -0.2) is 4.79 Å². The van der Waals surface area contributed by atoms with Crippen molar-refractivity contribution in [1.82, 2.24) is 0 Å². The zero-order chi connectivity index (χ0) is 39.6. The van der Waals surface area contributed by atoms with Gasteiger partial charge in [0.2, 0.25) is 0 Å². The molecule has 0 aromatic rings. The first-order valence-electron chi connectivity index (χ1n) is 19.6. The van der Waals surface area contributed by atoms with Gasteiger partial charge in [0.05, 0.1) is 24.7 Å². The summed E-state index contributed by atoms with van der Waals surface area (Å²) in [5.74, 6) is -3.23. The second-order valence-corrected chi connectivity index (χ2v) is 16.1. The fourth-order valence-corrected chi connectivity index (χ4v) is 8.07. The third-order valence-corrected chi connectivity index (χ3v) is 11.2. The van der Waals surface area contributed by atoms with Gasteiger partial charge in [-0.05, 0) is 87.7 Å². The lowest BCUT2D eigenvalue weighted by Gasteiger charge is -2.38. The molecule has 12 nitrogen and oxygen atoms in total. The van der Waals surface area contributed by atoms with Gasteiger partial charge in [0.25, 0.3) is 0 Å². The van der Waals surface area contributed by atoms with E-state index in [1.54, 1.807) is 20.8 Å². The van der Waals surface area contributed by atoms with E-state index in [4.69, 9.17) is 29.4 Å². The number of hydrogen-bond donors (Lipinski definition) is 4. The molecule has 0 aromatic heterocycles. The maximum absolute atomic E-state index is 13.6. The highest BCUT2D eigenvalue weighted by Gasteiger charge is 2.41. The van der Waals surface area contributed by atoms with E-state index in [9.17, 15) is 29.7 Å². The van der Waals surface area contributed by atoms with E-state index in [1.165, 1.54) is 0 Å². The monoisotopic (exact) mass is 749 g/mol. The average Bonchev–Trinajstić information content (AvgIpc) is 3.09. The normalized spacial score (nSPS) is 37.6. The van der Waals surface area contributed by atoms with E-state index >= 15 is 0 Å². The van der Waals surface area contributed by atoms with E-state index in [0.29, 0.717) is 32.1 Å². The van der Waals surface area contributed by atoms with Crippen molar-refractivity contribution in [2.24, 2.45) is 35.3 Å². The minimum atomic E-state index is -1.73. The third-order valence-electron chi connectivity index (χ3n) is 11.2. The molecular formula is C41H67NO11. The Morgan fingerprint density at radius 1 is 1.08 bits per heavy atom. The summed E-state index contributed by atoms with van der Waals surface area (Å²) in [7, 11) is 0. The highest BCUT2D eigenvalue weighted by atomic mass is 16.7. The number of Topliss-reactive ketones (excluding diaryl/α,β-unsaturated/α-hetero) is 1. The van der Waals surface area contributed by atoms with E-state index in [2.05, 4.69) is 19.1 Å². The summed E-state index contributed by atoms with van der Waals surface area (Å²) in [6, 6.07) is 0. The first kappa shape index (κ1) is 44.8. The number of nitrogens with two attached hydrogens (primary N) is 1. The zero-order valence-corrected chi connectivity index (χ0v) is 33.4. The van der Waals surface area contributed by atoms with Gasteiger partial charge in [0.15, 0.2) is 12.1 Å². The Bertz CT molecular complexity index is 1310. The number of fused-ring (bicyclic) bond motifs is 2. The lowest BCUT2D eigenvalue weighted by atomic mass is 9.79. The number of carbonyl (C=O) groups is 3. The van der Waals surface area contributed by atoms with Crippen LogP contribution in [0.25, 0.3) is 0 Å². The fraction of sp³-hybridized carbons (Fsp3) is 0.780. The summed E-state index contributed by atoms with van der Waals surface area (Å²) >= 11 is 0. The number of ketones is 1. The van der Waals surface area contributed by atoms with Crippen molar-refractivity contribution in [3.05, 3.63) is 35.5 Å². The fourth-order valence-electron chi connectivity index (χ4n) is 8.07. The lowest BCUT2D eigenvalue weighted by Crippen LogP contribution is -2.50. The standard InChI is InChI=1S/C41H67NO11/c1-10-32(43)29(8)36(45)26(5)20-28(7)38-27(6)19-23(2)15-16-31(50-35-21-33(51-40(42)47)37(46)30(9)49-35)14-12-11-13-24(3)39-25(4)17-18-41(48,53-39)22-34(44)52-38/h13,15-17,23,26-31,33,35-39,45-46,48H,10-12,14,18-22H2,1-9H3,(H2,42,47)/b16-15-,24-13-/t23-,26-,27-,28-,29-,30-,31-,33-,35+,36+,37-,38+,39-,41+/m1/s1. The van der Waals surface area contributed by atoms with Crippen LogP contribution < -0.4 is 5.73 Å². The molecule has 0 radical (unpaired) electrons. The molecule has 3 rings (SSSR count). The summed E-state index contributed by atoms with van der Waals surface area (Å²) in [6.45, 7) is 17.2. The highest BCUT2D eigenvalue weighted by Crippen LogP contribution is 2.35. The summed E-state index contributed by atoms with van der Waals surface area (Å²) in [4.78, 5) is 37.5. The second kappa shape index (κ2) is 20.3. The number of ether oxygens (including phenoxy) is 5. The first-order chi connectivity index (χ1) is 24.8. The van der Waals surface area contributed by atoms with Crippen LogP contribution in [0.1, 0.15) is 120 Å². The molecule has 3 aliphatic rings. The molecule has 0 aromatic carbocycles. The average molecular weight is 750 g/mol. The molecule has 0 aliphatic carbocycles. The maximum Gasteiger partial charge on any atom is 0.404 e. The SMILES string of the molecule is CCC(=O)[C@@H](C)[C@@H](O)[C@H](C)C[C@@H](C)[C@H]1OC(=O)C[C@]2(O)CC=C(C)[C@H](O2)/C(C)=C\CCC[C@@H](O[C@H]2C[C@@H](OC(N)=O)[C@H](O)[C@@H](C)O2)/C=C\[C@@H](C)C[C@H]1C. The summed E-state index contributed by atoms with van der Waals surface area (Å²) in [6.07, 6.45) is 5.26. The largest absolute Gasteiger partial charge is 0.462 e. The molecule has 302 valence electrons. The first-order valence-corrected chi connectivity index (χ1v) is 19.6. The van der Waals surface area contributed by atoms with Crippen LogP contribution >= 0.6 is 0 Å². The summed E-state index contributed by atoms with van der Waals surface area (Å²) < 4.78 is 30.0. The predicted octanol–water partition coefficient (Wildman–Crippen LogP) is 6.04. The number of esters is 1. The van der Waals surface area contributed by atoms with Crippen LogP contribution in [0.15, 0.2) is 35.5 Å². The number of aliphatic hydroxyl groups is 3. The molecule has 3 aliphatic heterocycles. The van der Waals surface area contributed by atoms with Crippen molar-refractivity contribution < 1.29 is 53.4 Å². The third kappa shape index (κ3) is 13.3. The van der Waals surface area contributed by atoms with Gasteiger partial charge in [-0.2, -0.15) is 0 Å². The van der Waals surface area contributed by atoms with Crippen LogP contribution in [0.5, 0.6) is 0 Å². The molecule has 3 heterocycles. The lowest BCUT2D eigenvalue weighted by molar-refractivity contribution is -0.254. The number of rotatable bonds is 10. The highest BCUT2D eigenvalue weighted by molar-refractivity contribution is 5.80. The quantitative estimate of drug-likeness (QED) is 0.151. The Kier molecular flexibility index (Phi) is 17.2. The molecule has 1 saturated heterocycles. The second-order valence-electron chi connectivity index (χ2n) is 16.1. The number of hydrogen-bond acceptors (Lipinski definition) is 11. The van der Waals surface area contributed by atoms with Crippen molar-refractivity contribution in [1.29, 1.82) is 0 Å². The van der Waals surface area contributed by atoms with Crippen LogP contribution in [0.3, 0.4) is 0 Å². The number of cyclic esters (lactones) is 1. The Labute approximate surface area is 316 Å². The molecule has 1 amide bonds. The maximum atomic E-state index is 13.6. The van der Waals surface area contributed by atoms with E-state index < -0.39 is 66.7 Å². The van der Waals surface area contributed by atoms with Gasteiger partial charge in [0, 0.05) is 25.2 Å². The zero-order valence-electron chi connectivity index (χ0n) is 33.4. The minimum Gasteiger partial charge on any atom is -0.462 e. The van der Waals surface area contributed by atoms with Gasteiger partial charge < -0.3 is 44.7 Å². The van der Waals surface area contributed by atoms with Crippen molar-refractivity contribution in [2.75, 3.05) is 0 Å². The van der Waals surface area contributed by atoms with Gasteiger partial charge in [-0.3, -0.25) is 9.59 Å². The summed E-state index contributed by atoms with van der Waals surface area (Å²) in [5, 5.41) is 33.1. The number of allylic oxidation sites excluding steroid dienone is 2. The molecule has 5 N–H and O–H groups in total. The van der Waals surface area contributed by atoms with Crippen molar-refractivity contribution in [2.45, 2.75) is 175 Å². The Balaban J connectivity index is 1.90. The van der Waals surface area contributed by atoms with Crippen LogP contribution in [0, 0.1) is 29.6 Å². The van der Waals surface area contributed by atoms with Gasteiger partial charge >= 0.3 is 12.1 Å². The molecule has 1 fully saturated rings. The topological polar surface area (TPSA) is 184 Å². The van der Waals surface area contributed by atoms with Crippen LogP contribution in [-0.4, -0.2) is 88.0 Å². The van der Waals surface area contributed by atoms with Gasteiger partial charge in [0.1, 0.15) is 30.2 Å².